The first kappa shape index (κ1) is 8.59. The summed E-state index contributed by atoms with van der Waals surface area (Å²) in [6.45, 7) is 1.95. The van der Waals surface area contributed by atoms with Crippen molar-refractivity contribution < 1.29 is 9.21 Å². The van der Waals surface area contributed by atoms with E-state index in [1.165, 1.54) is 12.5 Å². The quantitative estimate of drug-likeness (QED) is 0.691. The van der Waals surface area contributed by atoms with Crippen molar-refractivity contribution >= 4 is 11.5 Å². The van der Waals surface area contributed by atoms with Gasteiger partial charge < -0.3 is 10.2 Å². The third-order valence-corrected chi connectivity index (χ3v) is 1.51. The van der Waals surface area contributed by atoms with Gasteiger partial charge in [0.2, 0.25) is 5.91 Å². The van der Waals surface area contributed by atoms with Crippen LogP contribution >= 0.6 is 0 Å². The van der Waals surface area contributed by atoms with Crippen LogP contribution in [0.15, 0.2) is 29.1 Å². The van der Waals surface area contributed by atoms with Gasteiger partial charge in [0, 0.05) is 11.1 Å². The second-order valence-corrected chi connectivity index (χ2v) is 2.40. The van der Waals surface area contributed by atoms with E-state index in [0.717, 1.165) is 12.0 Å². The van der Waals surface area contributed by atoms with E-state index in [2.05, 4.69) is 0 Å². The fourth-order valence-electron chi connectivity index (χ4n) is 0.983. The first-order chi connectivity index (χ1) is 5.75. The molecule has 12 heavy (non-hydrogen) atoms. The number of amides is 1. The highest BCUT2D eigenvalue weighted by atomic mass is 16.3. The first-order valence-corrected chi connectivity index (χ1v) is 3.78. The van der Waals surface area contributed by atoms with E-state index in [9.17, 15) is 4.79 Å². The van der Waals surface area contributed by atoms with Crippen LogP contribution in [0, 0.1) is 0 Å². The average molecular weight is 165 g/mol. The van der Waals surface area contributed by atoms with E-state index in [1.54, 1.807) is 12.1 Å². The Labute approximate surface area is 70.9 Å². The maximum atomic E-state index is 10.9. The number of carbonyl (C=O) groups is 1. The number of hydrogen-bond donors (Lipinski definition) is 1. The Morgan fingerprint density at radius 3 is 2.92 bits per heavy atom. The van der Waals surface area contributed by atoms with E-state index in [0.29, 0.717) is 5.57 Å². The maximum Gasteiger partial charge on any atom is 0.249 e. The molecule has 0 bridgehead atoms. The van der Waals surface area contributed by atoms with Gasteiger partial charge in [-0.25, -0.2) is 0 Å². The summed E-state index contributed by atoms with van der Waals surface area (Å²) in [6.07, 6.45) is 5.59. The van der Waals surface area contributed by atoms with Crippen LogP contribution in [0.1, 0.15) is 18.9 Å². The molecule has 0 aliphatic heterocycles. The Hall–Kier alpha value is -1.51. The largest absolute Gasteiger partial charge is 0.472 e. The monoisotopic (exact) mass is 165 g/mol. The molecular weight excluding hydrogens is 154 g/mol. The zero-order valence-corrected chi connectivity index (χ0v) is 6.91. The molecule has 0 atom stereocenters. The van der Waals surface area contributed by atoms with Crippen LogP contribution in [0.25, 0.3) is 5.57 Å². The molecule has 1 amide bonds. The third kappa shape index (κ3) is 1.75. The molecular formula is C9H11NO2. The van der Waals surface area contributed by atoms with Crippen LogP contribution in [0.5, 0.6) is 0 Å². The molecule has 0 aliphatic rings. The second kappa shape index (κ2) is 3.76. The highest BCUT2D eigenvalue weighted by molar-refractivity contribution is 6.18. The van der Waals surface area contributed by atoms with Gasteiger partial charge in [0.1, 0.15) is 0 Å². The summed E-state index contributed by atoms with van der Waals surface area (Å²) >= 11 is 0. The molecule has 0 aromatic carbocycles. The highest BCUT2D eigenvalue weighted by Gasteiger charge is 2.07. The molecule has 1 heterocycles. The van der Waals surface area contributed by atoms with Crippen LogP contribution in [0.3, 0.4) is 0 Å². The summed E-state index contributed by atoms with van der Waals surface area (Å²) in [5.74, 6) is -0.418. The van der Waals surface area contributed by atoms with E-state index < -0.39 is 5.91 Å². The number of nitrogens with two attached hydrogens (primary N) is 1. The summed E-state index contributed by atoms with van der Waals surface area (Å²) in [4.78, 5) is 10.9. The minimum atomic E-state index is -0.418. The third-order valence-electron chi connectivity index (χ3n) is 1.51. The average Bonchev–Trinajstić information content (AvgIpc) is 2.51. The van der Waals surface area contributed by atoms with Gasteiger partial charge in [-0.3, -0.25) is 4.79 Å². The lowest BCUT2D eigenvalue weighted by Crippen LogP contribution is -2.12. The predicted molar refractivity (Wildman–Crippen MR) is 46.2 cm³/mol. The minimum absolute atomic E-state index is 0.418. The van der Waals surface area contributed by atoms with Gasteiger partial charge >= 0.3 is 0 Å². The molecule has 0 fully saturated rings. The summed E-state index contributed by atoms with van der Waals surface area (Å²) in [5, 5.41) is 0. The van der Waals surface area contributed by atoms with Gasteiger partial charge in [-0.1, -0.05) is 13.0 Å². The van der Waals surface area contributed by atoms with Crippen molar-refractivity contribution in [3.05, 3.63) is 30.2 Å². The van der Waals surface area contributed by atoms with Crippen LogP contribution in [-0.2, 0) is 4.79 Å². The van der Waals surface area contributed by atoms with Crippen molar-refractivity contribution in [1.29, 1.82) is 0 Å². The smallest absolute Gasteiger partial charge is 0.249 e. The molecule has 1 rings (SSSR count). The maximum absolute atomic E-state index is 10.9. The van der Waals surface area contributed by atoms with Gasteiger partial charge in [0.25, 0.3) is 0 Å². The number of allylic oxidation sites excluding steroid dienone is 1. The van der Waals surface area contributed by atoms with Gasteiger partial charge in [0.05, 0.1) is 12.5 Å². The van der Waals surface area contributed by atoms with Crippen molar-refractivity contribution in [1.82, 2.24) is 0 Å². The van der Waals surface area contributed by atoms with E-state index in [-0.39, 0.29) is 0 Å². The van der Waals surface area contributed by atoms with E-state index in [1.807, 2.05) is 6.92 Å². The van der Waals surface area contributed by atoms with Crippen LogP contribution < -0.4 is 5.73 Å². The summed E-state index contributed by atoms with van der Waals surface area (Å²) < 4.78 is 4.84. The molecule has 64 valence electrons. The second-order valence-electron chi connectivity index (χ2n) is 2.40. The molecule has 3 nitrogen and oxygen atoms in total. The Bertz CT molecular complexity index is 285. The lowest BCUT2D eigenvalue weighted by molar-refractivity contribution is -0.112. The Morgan fingerprint density at radius 2 is 2.50 bits per heavy atom. The highest BCUT2D eigenvalue weighted by Crippen LogP contribution is 2.14. The summed E-state index contributed by atoms with van der Waals surface area (Å²) in [7, 11) is 0. The fourth-order valence-corrected chi connectivity index (χ4v) is 0.983. The molecule has 0 unspecified atom stereocenters. The number of primary amides is 1. The van der Waals surface area contributed by atoms with E-state index in [4.69, 9.17) is 10.2 Å². The molecule has 0 saturated heterocycles. The molecule has 3 heteroatoms. The van der Waals surface area contributed by atoms with Gasteiger partial charge in [-0.15, -0.1) is 0 Å². The molecule has 0 spiro atoms. The minimum Gasteiger partial charge on any atom is -0.472 e. The number of furan rings is 1. The zero-order chi connectivity index (χ0) is 8.97. The number of carbonyl (C=O) groups excluding carboxylic acids is 1. The number of hydrogen-bond acceptors (Lipinski definition) is 2. The standard InChI is InChI=1S/C9H11NO2/c1-2-3-8(9(10)11)7-4-5-12-6-7/h3-6H,2H2,1H3,(H2,10,11)/b8-3+. The predicted octanol–water partition coefficient (Wildman–Crippen LogP) is 1.56. The van der Waals surface area contributed by atoms with Crippen molar-refractivity contribution in [3.8, 4) is 0 Å². The lowest BCUT2D eigenvalue weighted by atomic mass is 10.1. The molecule has 0 radical (unpaired) electrons. The topological polar surface area (TPSA) is 56.2 Å². The Kier molecular flexibility index (Phi) is 2.69. The van der Waals surface area contributed by atoms with Crippen molar-refractivity contribution in [2.75, 3.05) is 0 Å². The Balaban J connectivity index is 2.96. The normalized spacial score (nSPS) is 11.6. The Morgan fingerprint density at radius 1 is 1.75 bits per heavy atom. The molecule has 0 aliphatic carbocycles. The van der Waals surface area contributed by atoms with E-state index >= 15 is 0 Å². The van der Waals surface area contributed by atoms with Crippen molar-refractivity contribution in [3.63, 3.8) is 0 Å². The molecule has 2 N–H and O–H groups in total. The summed E-state index contributed by atoms with van der Waals surface area (Å²) in [6, 6.07) is 1.71. The lowest BCUT2D eigenvalue weighted by Gasteiger charge is -1.96. The number of rotatable bonds is 3. The zero-order valence-electron chi connectivity index (χ0n) is 6.91. The van der Waals surface area contributed by atoms with Crippen LogP contribution in [0.4, 0.5) is 0 Å². The van der Waals surface area contributed by atoms with Crippen LogP contribution in [-0.4, -0.2) is 5.91 Å². The molecule has 0 saturated carbocycles. The molecule has 1 aromatic heterocycles. The molecule has 1 aromatic rings. The summed E-state index contributed by atoms with van der Waals surface area (Å²) in [5.41, 5.74) is 6.42. The fraction of sp³-hybridized carbons (Fsp3) is 0.222. The van der Waals surface area contributed by atoms with Gasteiger partial charge in [-0.05, 0) is 12.5 Å². The van der Waals surface area contributed by atoms with Crippen molar-refractivity contribution in [2.24, 2.45) is 5.73 Å². The first-order valence-electron chi connectivity index (χ1n) is 3.78. The van der Waals surface area contributed by atoms with Crippen LogP contribution in [0.2, 0.25) is 0 Å². The van der Waals surface area contributed by atoms with Gasteiger partial charge in [0.15, 0.2) is 0 Å². The van der Waals surface area contributed by atoms with Gasteiger partial charge in [-0.2, -0.15) is 0 Å². The van der Waals surface area contributed by atoms with Crippen molar-refractivity contribution in [2.45, 2.75) is 13.3 Å². The SMILES string of the molecule is CC/C=C(/C(N)=O)c1ccoc1.